The van der Waals surface area contributed by atoms with Gasteiger partial charge in [0.25, 0.3) is 0 Å². The first kappa shape index (κ1) is 11.9. The summed E-state index contributed by atoms with van der Waals surface area (Å²) in [6, 6.07) is 18.1. The van der Waals surface area contributed by atoms with E-state index < -0.39 is 0 Å². The molecule has 18 heavy (non-hydrogen) atoms. The van der Waals surface area contributed by atoms with E-state index in [2.05, 4.69) is 37.9 Å². The van der Waals surface area contributed by atoms with Crippen LogP contribution in [0.3, 0.4) is 0 Å². The van der Waals surface area contributed by atoms with Crippen molar-refractivity contribution >= 4 is 42.8 Å². The smallest absolute Gasteiger partial charge is 0.207 e. The average Bonchev–Trinajstić information content (AvgIpc) is 2.39. The van der Waals surface area contributed by atoms with Gasteiger partial charge in [-0.25, -0.2) is 4.42 Å². The summed E-state index contributed by atoms with van der Waals surface area (Å²) < 4.78 is 8.02. The molecule has 0 unspecified atom stereocenters. The van der Waals surface area contributed by atoms with Crippen LogP contribution in [-0.4, -0.2) is 0 Å². The normalized spacial score (nSPS) is 10.8. The van der Waals surface area contributed by atoms with E-state index in [1.807, 2.05) is 48.5 Å². The van der Waals surface area contributed by atoms with Gasteiger partial charge >= 0.3 is 11.3 Å². The van der Waals surface area contributed by atoms with Gasteiger partial charge in [0.05, 0.1) is 10.9 Å². The fourth-order valence-corrected chi connectivity index (χ4v) is 2.73. The van der Waals surface area contributed by atoms with E-state index in [1.54, 1.807) is 0 Å². The van der Waals surface area contributed by atoms with Gasteiger partial charge in [-0.3, -0.25) is 0 Å². The first-order valence-corrected chi connectivity index (χ1v) is 7.10. The minimum Gasteiger partial charge on any atom is -0.207 e. The highest BCUT2D eigenvalue weighted by Gasteiger charge is 2.16. The van der Waals surface area contributed by atoms with Gasteiger partial charge in [-0.05, 0) is 46.3 Å². The van der Waals surface area contributed by atoms with E-state index in [9.17, 15) is 0 Å². The summed E-state index contributed by atoms with van der Waals surface area (Å²) in [5, 5.41) is 1.08. The largest absolute Gasteiger partial charge is 0.361 e. The molecule has 0 amide bonds. The number of rotatable bonds is 1. The molecule has 3 heteroatoms. The fourth-order valence-electron chi connectivity index (χ4n) is 1.87. The van der Waals surface area contributed by atoms with Gasteiger partial charge in [0.2, 0.25) is 0 Å². The van der Waals surface area contributed by atoms with Crippen molar-refractivity contribution in [3.8, 4) is 11.3 Å². The summed E-state index contributed by atoms with van der Waals surface area (Å²) in [5.74, 6) is 0.859. The maximum Gasteiger partial charge on any atom is 0.361 e. The quantitative estimate of drug-likeness (QED) is 0.489. The SMILES string of the molecule is Brc1ccc2[o+]c(-c3ccccc3Br)ccc2c1. The lowest BCUT2D eigenvalue weighted by molar-refractivity contribution is 0.619. The van der Waals surface area contributed by atoms with Gasteiger partial charge in [-0.2, -0.15) is 0 Å². The van der Waals surface area contributed by atoms with E-state index >= 15 is 0 Å². The molecule has 88 valence electrons. The molecule has 0 N–H and O–H groups in total. The van der Waals surface area contributed by atoms with Crippen LogP contribution in [0.5, 0.6) is 0 Å². The fraction of sp³-hybridized carbons (Fsp3) is 0. The van der Waals surface area contributed by atoms with Gasteiger partial charge in [0.1, 0.15) is 0 Å². The van der Waals surface area contributed by atoms with E-state index in [1.165, 1.54) is 0 Å². The number of fused-ring (bicyclic) bond motifs is 1. The summed E-state index contributed by atoms with van der Waals surface area (Å²) in [6.07, 6.45) is 0. The highest BCUT2D eigenvalue weighted by Crippen LogP contribution is 2.30. The average molecular weight is 365 g/mol. The van der Waals surface area contributed by atoms with Crippen LogP contribution in [0.4, 0.5) is 0 Å². The van der Waals surface area contributed by atoms with Crippen LogP contribution in [0.15, 0.2) is 68.0 Å². The van der Waals surface area contributed by atoms with Crippen LogP contribution in [0, 0.1) is 0 Å². The predicted molar refractivity (Wildman–Crippen MR) is 81.5 cm³/mol. The summed E-state index contributed by atoms with van der Waals surface area (Å²) in [4.78, 5) is 0. The molecule has 0 saturated heterocycles. The molecular formula is C15H9Br2O+. The first-order valence-electron chi connectivity index (χ1n) is 5.51. The molecule has 0 aliphatic heterocycles. The van der Waals surface area contributed by atoms with Crippen LogP contribution in [-0.2, 0) is 0 Å². The van der Waals surface area contributed by atoms with Crippen molar-refractivity contribution in [2.24, 2.45) is 0 Å². The standard InChI is InChI=1S/C15H9Br2O/c16-11-6-8-14-10(9-11)5-7-15(18-14)12-3-1-2-4-13(12)17/h1-9H/q+1. The highest BCUT2D eigenvalue weighted by molar-refractivity contribution is 9.10. The molecule has 3 aromatic rings. The van der Waals surface area contributed by atoms with Gasteiger partial charge in [-0.1, -0.05) is 28.1 Å². The Morgan fingerprint density at radius 3 is 2.50 bits per heavy atom. The Kier molecular flexibility index (Phi) is 3.18. The van der Waals surface area contributed by atoms with Crippen molar-refractivity contribution in [3.63, 3.8) is 0 Å². The maximum absolute atomic E-state index is 5.93. The zero-order valence-corrected chi connectivity index (χ0v) is 12.5. The van der Waals surface area contributed by atoms with Crippen LogP contribution in [0.2, 0.25) is 0 Å². The lowest BCUT2D eigenvalue weighted by atomic mass is 10.1. The van der Waals surface area contributed by atoms with Crippen LogP contribution in [0.25, 0.3) is 22.3 Å². The minimum atomic E-state index is 0.859. The van der Waals surface area contributed by atoms with E-state index in [4.69, 9.17) is 4.42 Å². The molecule has 0 aliphatic carbocycles. The predicted octanol–water partition coefficient (Wildman–Crippen LogP) is 5.91. The van der Waals surface area contributed by atoms with Crippen molar-refractivity contribution in [2.75, 3.05) is 0 Å². The molecule has 0 saturated carbocycles. The van der Waals surface area contributed by atoms with Crippen LogP contribution in [0.1, 0.15) is 0 Å². The van der Waals surface area contributed by atoms with Gasteiger partial charge in [0.15, 0.2) is 0 Å². The zero-order chi connectivity index (χ0) is 12.5. The molecule has 2 aromatic carbocycles. The summed E-state index contributed by atoms with van der Waals surface area (Å²) >= 11 is 7.00. The molecule has 3 rings (SSSR count). The third-order valence-corrected chi connectivity index (χ3v) is 3.93. The van der Waals surface area contributed by atoms with E-state index in [0.29, 0.717) is 0 Å². The second-order valence-electron chi connectivity index (χ2n) is 3.96. The number of halogens is 2. The first-order chi connectivity index (χ1) is 8.74. The molecule has 0 fully saturated rings. The maximum atomic E-state index is 5.93. The minimum absolute atomic E-state index is 0.859. The van der Waals surface area contributed by atoms with E-state index in [-0.39, 0.29) is 0 Å². The zero-order valence-electron chi connectivity index (χ0n) is 9.36. The molecule has 0 radical (unpaired) electrons. The lowest BCUT2D eigenvalue weighted by Gasteiger charge is -1.96. The van der Waals surface area contributed by atoms with Crippen LogP contribution >= 0.6 is 31.9 Å². The molecule has 0 spiro atoms. The molecule has 0 atom stereocenters. The third-order valence-electron chi connectivity index (χ3n) is 2.75. The van der Waals surface area contributed by atoms with Gasteiger partial charge < -0.3 is 0 Å². The highest BCUT2D eigenvalue weighted by atomic mass is 79.9. The summed E-state index contributed by atoms with van der Waals surface area (Å²) in [5.41, 5.74) is 1.94. The van der Waals surface area contributed by atoms with Crippen LogP contribution < -0.4 is 0 Å². The Hall–Kier alpha value is -1.19. The molecule has 0 aliphatic rings. The Morgan fingerprint density at radius 2 is 1.67 bits per heavy atom. The van der Waals surface area contributed by atoms with Crippen molar-refractivity contribution in [1.29, 1.82) is 0 Å². The molecular weight excluding hydrogens is 356 g/mol. The topological polar surface area (TPSA) is 11.3 Å². The monoisotopic (exact) mass is 363 g/mol. The number of hydrogen-bond donors (Lipinski definition) is 0. The Labute approximate surface area is 122 Å². The number of hydrogen-bond acceptors (Lipinski definition) is 0. The van der Waals surface area contributed by atoms with E-state index in [0.717, 1.165) is 31.2 Å². The molecule has 1 nitrogen and oxygen atoms in total. The molecule has 1 heterocycles. The third kappa shape index (κ3) is 2.20. The van der Waals surface area contributed by atoms with Gasteiger partial charge in [0, 0.05) is 21.1 Å². The Bertz CT molecular complexity index is 723. The Balaban J connectivity index is 2.20. The second-order valence-corrected chi connectivity index (χ2v) is 5.73. The van der Waals surface area contributed by atoms with Gasteiger partial charge in [-0.15, -0.1) is 0 Å². The lowest BCUT2D eigenvalue weighted by Crippen LogP contribution is -1.80. The summed E-state index contributed by atoms with van der Waals surface area (Å²) in [7, 11) is 0. The number of benzene rings is 2. The van der Waals surface area contributed by atoms with Crippen molar-refractivity contribution in [1.82, 2.24) is 0 Å². The van der Waals surface area contributed by atoms with Crippen molar-refractivity contribution in [3.05, 3.63) is 63.5 Å². The van der Waals surface area contributed by atoms with Crippen molar-refractivity contribution < 1.29 is 4.42 Å². The summed E-state index contributed by atoms with van der Waals surface area (Å²) in [6.45, 7) is 0. The Morgan fingerprint density at radius 1 is 0.833 bits per heavy atom. The second kappa shape index (κ2) is 4.82. The molecule has 0 bridgehead atoms. The molecule has 1 aromatic heterocycles. The van der Waals surface area contributed by atoms with Crippen molar-refractivity contribution in [2.45, 2.75) is 0 Å².